The average molecular weight is 201 g/mol. The van der Waals surface area contributed by atoms with Crippen LogP contribution in [0.3, 0.4) is 0 Å². The van der Waals surface area contributed by atoms with Crippen molar-refractivity contribution in [3.63, 3.8) is 0 Å². The van der Waals surface area contributed by atoms with Crippen LogP contribution in [0.15, 0.2) is 12.4 Å². The molecule has 2 rings (SSSR count). The molecule has 0 N–H and O–H groups in total. The molecule has 0 spiro atoms. The minimum absolute atomic E-state index is 0.0383. The Morgan fingerprint density at radius 1 is 1.53 bits per heavy atom. The molecule has 0 bridgehead atoms. The van der Waals surface area contributed by atoms with E-state index in [0.717, 1.165) is 25.0 Å². The first-order valence-electron chi connectivity index (χ1n) is 4.96. The predicted molar refractivity (Wildman–Crippen MR) is 53.6 cm³/mol. The van der Waals surface area contributed by atoms with Crippen LogP contribution in [0, 0.1) is 23.2 Å². The summed E-state index contributed by atoms with van der Waals surface area (Å²) in [5.41, 5.74) is 0.755. The SMILES string of the molecule is N#CC#Cc1cnn([C@@H]2CCCCO2)c1. The van der Waals surface area contributed by atoms with E-state index in [9.17, 15) is 0 Å². The van der Waals surface area contributed by atoms with Crippen molar-refractivity contribution >= 4 is 0 Å². The van der Waals surface area contributed by atoms with Gasteiger partial charge in [-0.25, -0.2) is 4.68 Å². The minimum Gasteiger partial charge on any atom is -0.357 e. The molecule has 1 atom stereocenters. The van der Waals surface area contributed by atoms with Crippen molar-refractivity contribution in [3.8, 4) is 17.9 Å². The highest BCUT2D eigenvalue weighted by molar-refractivity contribution is 5.34. The zero-order chi connectivity index (χ0) is 10.5. The Bertz CT molecular complexity index is 427. The Labute approximate surface area is 88.5 Å². The van der Waals surface area contributed by atoms with Gasteiger partial charge in [0.1, 0.15) is 6.23 Å². The molecule has 1 fully saturated rings. The van der Waals surface area contributed by atoms with Crippen molar-refractivity contribution in [1.29, 1.82) is 5.26 Å². The van der Waals surface area contributed by atoms with Crippen molar-refractivity contribution in [2.75, 3.05) is 6.61 Å². The highest BCUT2D eigenvalue weighted by Gasteiger charge is 2.15. The monoisotopic (exact) mass is 201 g/mol. The molecule has 0 aliphatic carbocycles. The van der Waals surface area contributed by atoms with Crippen molar-refractivity contribution in [1.82, 2.24) is 9.78 Å². The lowest BCUT2D eigenvalue weighted by molar-refractivity contribution is -0.0395. The lowest BCUT2D eigenvalue weighted by atomic mass is 10.2. The average Bonchev–Trinajstić information content (AvgIpc) is 2.76. The molecule has 1 aliphatic heterocycles. The maximum absolute atomic E-state index is 8.31. The van der Waals surface area contributed by atoms with Crippen LogP contribution in [0.25, 0.3) is 0 Å². The summed E-state index contributed by atoms with van der Waals surface area (Å²) in [4.78, 5) is 0. The second-order valence-corrected chi connectivity index (χ2v) is 3.39. The highest BCUT2D eigenvalue weighted by atomic mass is 16.5. The maximum Gasteiger partial charge on any atom is 0.152 e. The highest BCUT2D eigenvalue weighted by Crippen LogP contribution is 2.21. The maximum atomic E-state index is 8.31. The largest absolute Gasteiger partial charge is 0.357 e. The number of nitrogens with zero attached hydrogens (tertiary/aromatic N) is 3. The van der Waals surface area contributed by atoms with Gasteiger partial charge in [0, 0.05) is 18.7 Å². The van der Waals surface area contributed by atoms with Crippen molar-refractivity contribution in [2.45, 2.75) is 25.5 Å². The predicted octanol–water partition coefficient (Wildman–Crippen LogP) is 1.46. The lowest BCUT2D eigenvalue weighted by Gasteiger charge is -2.22. The van der Waals surface area contributed by atoms with Crippen LogP contribution in [-0.2, 0) is 4.74 Å². The van der Waals surface area contributed by atoms with Gasteiger partial charge in [0.15, 0.2) is 6.07 Å². The van der Waals surface area contributed by atoms with Gasteiger partial charge in [0.2, 0.25) is 0 Å². The second kappa shape index (κ2) is 4.63. The summed E-state index contributed by atoms with van der Waals surface area (Å²) in [5.74, 6) is 5.05. The lowest BCUT2D eigenvalue weighted by Crippen LogP contribution is -2.18. The fraction of sp³-hybridized carbons (Fsp3) is 0.455. The summed E-state index contributed by atoms with van der Waals surface area (Å²) in [7, 11) is 0. The van der Waals surface area contributed by atoms with Crippen molar-refractivity contribution in [2.24, 2.45) is 0 Å². The van der Waals surface area contributed by atoms with Crippen LogP contribution in [0.4, 0.5) is 0 Å². The normalized spacial score (nSPS) is 20.1. The van der Waals surface area contributed by atoms with Gasteiger partial charge in [0.25, 0.3) is 0 Å². The Hall–Kier alpha value is -1.78. The number of ether oxygens (including phenoxy) is 1. The molecule has 0 aromatic carbocycles. The minimum atomic E-state index is 0.0383. The Balaban J connectivity index is 2.09. The number of rotatable bonds is 1. The van der Waals surface area contributed by atoms with E-state index in [0.29, 0.717) is 0 Å². The third-order valence-electron chi connectivity index (χ3n) is 2.31. The van der Waals surface area contributed by atoms with E-state index < -0.39 is 0 Å². The molecule has 0 radical (unpaired) electrons. The van der Waals surface area contributed by atoms with Crippen LogP contribution in [0.1, 0.15) is 31.1 Å². The van der Waals surface area contributed by atoms with Crippen LogP contribution in [0.5, 0.6) is 0 Å². The van der Waals surface area contributed by atoms with Crippen LogP contribution >= 0.6 is 0 Å². The quantitative estimate of drug-likeness (QED) is 0.646. The van der Waals surface area contributed by atoms with E-state index in [2.05, 4.69) is 16.9 Å². The van der Waals surface area contributed by atoms with Gasteiger partial charge in [-0.15, -0.1) is 0 Å². The Kier molecular flexibility index (Phi) is 3.02. The summed E-state index contributed by atoms with van der Waals surface area (Å²) >= 11 is 0. The zero-order valence-corrected chi connectivity index (χ0v) is 8.31. The Morgan fingerprint density at radius 3 is 3.20 bits per heavy atom. The van der Waals surface area contributed by atoms with Gasteiger partial charge in [0.05, 0.1) is 11.8 Å². The summed E-state index contributed by atoms with van der Waals surface area (Å²) in [5, 5.41) is 12.5. The Morgan fingerprint density at radius 2 is 2.47 bits per heavy atom. The third-order valence-corrected chi connectivity index (χ3v) is 2.31. The van der Waals surface area contributed by atoms with Gasteiger partial charge in [-0.1, -0.05) is 0 Å². The molecule has 1 saturated heterocycles. The first kappa shape index (κ1) is 9.76. The van der Waals surface area contributed by atoms with E-state index in [-0.39, 0.29) is 6.23 Å². The zero-order valence-electron chi connectivity index (χ0n) is 8.31. The molecule has 0 saturated carbocycles. The van der Waals surface area contributed by atoms with Crippen molar-refractivity contribution in [3.05, 3.63) is 18.0 Å². The van der Waals surface area contributed by atoms with E-state index in [4.69, 9.17) is 10.00 Å². The molecule has 15 heavy (non-hydrogen) atoms. The molecule has 4 heteroatoms. The van der Waals surface area contributed by atoms with Gasteiger partial charge >= 0.3 is 0 Å². The first-order chi connectivity index (χ1) is 7.40. The molecule has 76 valence electrons. The van der Waals surface area contributed by atoms with Gasteiger partial charge in [-0.3, -0.25) is 0 Å². The molecular weight excluding hydrogens is 190 g/mol. The smallest absolute Gasteiger partial charge is 0.152 e. The standard InChI is InChI=1S/C11H11N3O/c12-6-3-4-10-8-13-14(9-10)11-5-1-2-7-15-11/h8-9,11H,1-2,5,7H2/t11-/m0/s1. The summed E-state index contributed by atoms with van der Waals surface area (Å²) in [6.45, 7) is 0.795. The van der Waals surface area contributed by atoms with E-state index in [1.54, 1.807) is 16.9 Å². The number of hydrogen-bond donors (Lipinski definition) is 0. The van der Waals surface area contributed by atoms with Crippen LogP contribution < -0.4 is 0 Å². The third kappa shape index (κ3) is 2.37. The van der Waals surface area contributed by atoms with Crippen molar-refractivity contribution < 1.29 is 4.74 Å². The molecule has 2 heterocycles. The summed E-state index contributed by atoms with van der Waals surface area (Å²) in [6, 6.07) is 1.78. The van der Waals surface area contributed by atoms with E-state index in [1.807, 2.05) is 6.20 Å². The number of aromatic nitrogens is 2. The topological polar surface area (TPSA) is 50.8 Å². The second-order valence-electron chi connectivity index (χ2n) is 3.39. The molecule has 1 aromatic heterocycles. The van der Waals surface area contributed by atoms with Crippen LogP contribution in [0.2, 0.25) is 0 Å². The molecule has 1 aromatic rings. The van der Waals surface area contributed by atoms with E-state index in [1.165, 1.54) is 6.42 Å². The van der Waals surface area contributed by atoms with E-state index >= 15 is 0 Å². The van der Waals surface area contributed by atoms with Gasteiger partial charge in [-0.2, -0.15) is 10.4 Å². The fourth-order valence-electron chi connectivity index (χ4n) is 1.59. The summed E-state index contributed by atoms with van der Waals surface area (Å²) < 4.78 is 7.35. The summed E-state index contributed by atoms with van der Waals surface area (Å²) in [6.07, 6.45) is 6.80. The number of hydrogen-bond acceptors (Lipinski definition) is 3. The molecule has 0 amide bonds. The molecule has 4 nitrogen and oxygen atoms in total. The first-order valence-corrected chi connectivity index (χ1v) is 4.96. The molecule has 0 unspecified atom stereocenters. The van der Waals surface area contributed by atoms with Crippen LogP contribution in [-0.4, -0.2) is 16.4 Å². The molecule has 1 aliphatic rings. The number of nitriles is 1. The van der Waals surface area contributed by atoms with Gasteiger partial charge < -0.3 is 4.74 Å². The fourth-order valence-corrected chi connectivity index (χ4v) is 1.59. The molecular formula is C11H11N3O. The van der Waals surface area contributed by atoms with Gasteiger partial charge in [-0.05, 0) is 25.2 Å².